The zero-order chi connectivity index (χ0) is 41.4. The van der Waals surface area contributed by atoms with E-state index in [1.165, 1.54) is 33.4 Å². The highest BCUT2D eigenvalue weighted by atomic mass is 16.3. The number of rotatable bonds is 9. The fraction of sp³-hybridized carbons (Fsp3) is 0.143. The Morgan fingerprint density at radius 3 is 1.87 bits per heavy atom. The van der Waals surface area contributed by atoms with E-state index in [9.17, 15) is 5.11 Å². The Morgan fingerprint density at radius 1 is 0.533 bits per heavy atom. The van der Waals surface area contributed by atoms with Crippen LogP contribution < -0.4 is 0 Å². The summed E-state index contributed by atoms with van der Waals surface area (Å²) >= 11 is 0. The number of hydrogen-bond acceptors (Lipinski definition) is 3. The summed E-state index contributed by atoms with van der Waals surface area (Å²) in [5, 5.41) is 11.3. The van der Waals surface area contributed by atoms with Crippen LogP contribution in [0.5, 0.6) is 5.75 Å². The SMILES string of the molecule is CC(C)Cc1cc(-n2c(-c3ccccc3O)nc3c(-c4cc(-c5cc(-c6ccc(-c7ccccc7)cc6)ccn5)cc(C(C)(C)C)c4)cccc32)ccc1-c1ccccc1. The Hall–Kier alpha value is -7.04. The molecular weight excluding hydrogens is 731 g/mol. The molecular formula is C56H49N3O. The molecule has 1 N–H and O–H groups in total. The first-order chi connectivity index (χ1) is 29.1. The zero-order valence-electron chi connectivity index (χ0n) is 34.9. The van der Waals surface area contributed by atoms with Gasteiger partial charge in [0.15, 0.2) is 0 Å². The molecule has 0 spiro atoms. The molecule has 9 rings (SSSR count). The number of imidazole rings is 1. The average Bonchev–Trinajstić information content (AvgIpc) is 3.66. The molecule has 0 aliphatic carbocycles. The van der Waals surface area contributed by atoms with Gasteiger partial charge in [0.1, 0.15) is 11.6 Å². The van der Waals surface area contributed by atoms with E-state index >= 15 is 0 Å². The van der Waals surface area contributed by atoms with Gasteiger partial charge >= 0.3 is 0 Å². The van der Waals surface area contributed by atoms with E-state index in [2.05, 4.69) is 185 Å². The van der Waals surface area contributed by atoms with Gasteiger partial charge in [0, 0.05) is 23.0 Å². The normalized spacial score (nSPS) is 11.7. The summed E-state index contributed by atoms with van der Waals surface area (Å²) < 4.78 is 2.22. The third kappa shape index (κ3) is 7.65. The van der Waals surface area contributed by atoms with Crippen molar-refractivity contribution in [2.75, 3.05) is 0 Å². The number of para-hydroxylation sites is 2. The largest absolute Gasteiger partial charge is 0.507 e. The van der Waals surface area contributed by atoms with E-state index in [-0.39, 0.29) is 11.2 Å². The summed E-state index contributed by atoms with van der Waals surface area (Å²) in [6.07, 6.45) is 2.84. The second-order valence-electron chi connectivity index (χ2n) is 17.2. The van der Waals surface area contributed by atoms with Gasteiger partial charge in [-0.05, 0) is 122 Å². The van der Waals surface area contributed by atoms with Crippen LogP contribution in [0.3, 0.4) is 0 Å². The highest BCUT2D eigenvalue weighted by Gasteiger charge is 2.23. The maximum absolute atomic E-state index is 11.3. The minimum atomic E-state index is -0.128. The quantitative estimate of drug-likeness (QED) is 0.159. The molecule has 0 aliphatic heterocycles. The molecule has 0 saturated carbocycles. The number of nitrogens with zero attached hydrogens (tertiary/aromatic N) is 3. The molecule has 4 heteroatoms. The Morgan fingerprint density at radius 2 is 1.17 bits per heavy atom. The number of pyridine rings is 1. The third-order valence-electron chi connectivity index (χ3n) is 11.4. The summed E-state index contributed by atoms with van der Waals surface area (Å²) in [7, 11) is 0. The lowest BCUT2D eigenvalue weighted by molar-refractivity contribution is 0.477. The summed E-state index contributed by atoms with van der Waals surface area (Å²) in [5.74, 6) is 1.35. The van der Waals surface area contributed by atoms with Crippen LogP contribution in [0.15, 0.2) is 182 Å². The van der Waals surface area contributed by atoms with Gasteiger partial charge in [-0.3, -0.25) is 9.55 Å². The number of benzene rings is 7. The number of aromatic hydroxyl groups is 1. The van der Waals surface area contributed by atoms with Crippen molar-refractivity contribution in [3.8, 4) is 78.6 Å². The number of aromatic nitrogens is 3. The van der Waals surface area contributed by atoms with Gasteiger partial charge in [0.05, 0.1) is 22.3 Å². The molecule has 0 unspecified atom stereocenters. The highest BCUT2D eigenvalue weighted by molar-refractivity contribution is 5.97. The van der Waals surface area contributed by atoms with Gasteiger partial charge in [-0.1, -0.05) is 156 Å². The number of phenols is 1. The molecule has 0 atom stereocenters. The van der Waals surface area contributed by atoms with Crippen molar-refractivity contribution < 1.29 is 5.11 Å². The molecule has 60 heavy (non-hydrogen) atoms. The number of fused-ring (bicyclic) bond motifs is 1. The van der Waals surface area contributed by atoms with Crippen molar-refractivity contribution in [1.29, 1.82) is 0 Å². The van der Waals surface area contributed by atoms with Gasteiger partial charge in [0.25, 0.3) is 0 Å². The van der Waals surface area contributed by atoms with E-state index in [4.69, 9.17) is 9.97 Å². The molecule has 294 valence electrons. The predicted molar refractivity (Wildman–Crippen MR) is 250 cm³/mol. The Bertz CT molecular complexity index is 2960. The Kier molecular flexibility index (Phi) is 10.2. The monoisotopic (exact) mass is 779 g/mol. The van der Waals surface area contributed by atoms with Crippen LogP contribution in [0, 0.1) is 5.92 Å². The average molecular weight is 780 g/mol. The molecule has 9 aromatic rings. The number of phenolic OH excluding ortho intramolecular Hbond substituents is 1. The first kappa shape index (κ1) is 38.5. The van der Waals surface area contributed by atoms with Crippen molar-refractivity contribution >= 4 is 11.0 Å². The van der Waals surface area contributed by atoms with E-state index in [0.717, 1.165) is 56.7 Å². The van der Waals surface area contributed by atoms with Crippen LogP contribution in [-0.2, 0) is 11.8 Å². The predicted octanol–water partition coefficient (Wildman–Crippen LogP) is 14.6. The van der Waals surface area contributed by atoms with Crippen molar-refractivity contribution in [3.63, 3.8) is 0 Å². The van der Waals surface area contributed by atoms with Gasteiger partial charge < -0.3 is 5.11 Å². The summed E-state index contributed by atoms with van der Waals surface area (Å²) in [5.41, 5.74) is 17.0. The molecule has 0 saturated heterocycles. The Balaban J connectivity index is 1.20. The van der Waals surface area contributed by atoms with E-state index in [1.54, 1.807) is 6.07 Å². The molecule has 0 bridgehead atoms. The maximum atomic E-state index is 11.3. The molecule has 7 aromatic carbocycles. The number of hydrogen-bond donors (Lipinski definition) is 1. The summed E-state index contributed by atoms with van der Waals surface area (Å²) in [4.78, 5) is 10.4. The van der Waals surface area contributed by atoms with E-state index < -0.39 is 0 Å². The lowest BCUT2D eigenvalue weighted by Crippen LogP contribution is -2.11. The standard InChI is InChI=1S/C56H49N3O/c1-37(2)31-43-35-47(27-28-48(43)41-17-10-7-11-18-41)59-52-21-14-20-49(54(52)58-55(59)50-19-12-13-22-53(50)60)44-32-45(34-46(33-44)56(3,4)5)51-36-42(29-30-57-51)40-25-23-39(24-26-40)38-15-8-6-9-16-38/h6-30,32-37,60H,31H2,1-5H3. The van der Waals surface area contributed by atoms with Crippen molar-refractivity contribution in [2.24, 2.45) is 5.92 Å². The van der Waals surface area contributed by atoms with Crippen LogP contribution in [0.2, 0.25) is 0 Å². The lowest BCUT2D eigenvalue weighted by atomic mass is 9.83. The van der Waals surface area contributed by atoms with E-state index in [0.29, 0.717) is 17.3 Å². The molecule has 4 nitrogen and oxygen atoms in total. The molecule has 2 aromatic heterocycles. The maximum Gasteiger partial charge on any atom is 0.149 e. The zero-order valence-corrected chi connectivity index (χ0v) is 34.9. The Labute approximate surface area is 353 Å². The van der Waals surface area contributed by atoms with Gasteiger partial charge in [-0.15, -0.1) is 0 Å². The lowest BCUT2D eigenvalue weighted by Gasteiger charge is -2.22. The second-order valence-corrected chi connectivity index (χ2v) is 17.2. The van der Waals surface area contributed by atoms with Crippen LogP contribution in [0.4, 0.5) is 0 Å². The van der Waals surface area contributed by atoms with Crippen molar-refractivity contribution in [3.05, 3.63) is 193 Å². The topological polar surface area (TPSA) is 50.9 Å². The van der Waals surface area contributed by atoms with Crippen LogP contribution >= 0.6 is 0 Å². The first-order valence-corrected chi connectivity index (χ1v) is 20.9. The fourth-order valence-corrected chi connectivity index (χ4v) is 8.28. The van der Waals surface area contributed by atoms with Crippen LogP contribution in [0.1, 0.15) is 45.7 Å². The van der Waals surface area contributed by atoms with Gasteiger partial charge in [-0.2, -0.15) is 0 Å². The molecule has 0 amide bonds. The fourth-order valence-electron chi connectivity index (χ4n) is 8.28. The molecule has 0 fully saturated rings. The molecule has 2 heterocycles. The summed E-state index contributed by atoms with van der Waals surface area (Å²) in [6, 6.07) is 61.7. The summed E-state index contributed by atoms with van der Waals surface area (Å²) in [6.45, 7) is 11.3. The van der Waals surface area contributed by atoms with E-state index in [1.807, 2.05) is 30.5 Å². The first-order valence-electron chi connectivity index (χ1n) is 20.9. The highest BCUT2D eigenvalue weighted by Crippen LogP contribution is 2.41. The minimum Gasteiger partial charge on any atom is -0.507 e. The van der Waals surface area contributed by atoms with Gasteiger partial charge in [0.2, 0.25) is 0 Å². The second kappa shape index (κ2) is 16.0. The smallest absolute Gasteiger partial charge is 0.149 e. The van der Waals surface area contributed by atoms with Crippen LogP contribution in [-0.4, -0.2) is 19.6 Å². The third-order valence-corrected chi connectivity index (χ3v) is 11.4. The van der Waals surface area contributed by atoms with Crippen molar-refractivity contribution in [2.45, 2.75) is 46.5 Å². The van der Waals surface area contributed by atoms with Crippen molar-refractivity contribution in [1.82, 2.24) is 14.5 Å². The van der Waals surface area contributed by atoms with Gasteiger partial charge in [-0.25, -0.2) is 4.98 Å². The molecule has 0 radical (unpaired) electrons. The minimum absolute atomic E-state index is 0.128. The molecule has 0 aliphatic rings. The van der Waals surface area contributed by atoms with Crippen LogP contribution in [0.25, 0.3) is 83.9 Å².